The van der Waals surface area contributed by atoms with Gasteiger partial charge in [-0.25, -0.2) is 4.98 Å². The first-order chi connectivity index (χ1) is 3.39. The third kappa shape index (κ3) is 0.819. The zero-order valence-electron chi connectivity index (χ0n) is 3.44. The number of aromatic hydroxyl groups is 1. The third-order valence-electron chi connectivity index (χ3n) is 0.469. The van der Waals surface area contributed by atoms with E-state index in [1.807, 2.05) is 0 Å². The van der Waals surface area contributed by atoms with Gasteiger partial charge in [0.05, 0.1) is 6.20 Å². The van der Waals surface area contributed by atoms with Gasteiger partial charge in [-0.2, -0.15) is 0 Å². The first-order valence-corrected chi connectivity index (χ1v) is 1.71. The molecule has 0 bridgehead atoms. The fourth-order valence-electron chi connectivity index (χ4n) is 0.241. The maximum atomic E-state index is 8.40. The monoisotopic (exact) mass is 97.0 g/mol. The zero-order chi connectivity index (χ0) is 5.11. The highest BCUT2D eigenvalue weighted by molar-refractivity contribution is 4.92. The quantitative estimate of drug-likeness (QED) is 0.477. The van der Waals surface area contributed by atoms with E-state index < -0.39 is 0 Å². The molecule has 0 amide bonds. The summed E-state index contributed by atoms with van der Waals surface area (Å²) in [7, 11) is 0. The predicted octanol–water partition coefficient (Wildman–Crippen LogP) is -0.423. The smallest absolute Gasteiger partial charge is 0.249 e. The Labute approximate surface area is 39.9 Å². The molecule has 36 valence electrons. The Bertz CT molecular complexity index is 140. The van der Waals surface area contributed by atoms with Gasteiger partial charge in [0.1, 0.15) is 6.33 Å². The average molecular weight is 97.1 g/mol. The molecule has 0 aliphatic rings. The van der Waals surface area contributed by atoms with E-state index in [1.165, 1.54) is 12.5 Å². The molecule has 1 aromatic heterocycles. The SMILES string of the molecule is Oc1cncnn1. The molecule has 0 aliphatic carbocycles. The van der Waals surface area contributed by atoms with Crippen molar-refractivity contribution in [1.29, 1.82) is 0 Å². The molecule has 1 heterocycles. The first kappa shape index (κ1) is 3.98. The molecule has 0 fully saturated rings. The Morgan fingerprint density at radius 2 is 2.43 bits per heavy atom. The van der Waals surface area contributed by atoms with E-state index in [0.717, 1.165) is 0 Å². The maximum absolute atomic E-state index is 8.40. The van der Waals surface area contributed by atoms with Gasteiger partial charge >= 0.3 is 0 Å². The van der Waals surface area contributed by atoms with Gasteiger partial charge < -0.3 is 5.11 Å². The largest absolute Gasteiger partial charge is 0.491 e. The van der Waals surface area contributed by atoms with Crippen LogP contribution in [0.5, 0.6) is 5.88 Å². The van der Waals surface area contributed by atoms with Gasteiger partial charge in [0.2, 0.25) is 5.88 Å². The van der Waals surface area contributed by atoms with Crippen molar-refractivity contribution in [2.75, 3.05) is 0 Å². The van der Waals surface area contributed by atoms with Crippen LogP contribution >= 0.6 is 0 Å². The van der Waals surface area contributed by atoms with Crippen molar-refractivity contribution >= 4 is 0 Å². The third-order valence-corrected chi connectivity index (χ3v) is 0.469. The van der Waals surface area contributed by atoms with Crippen LogP contribution in [0.3, 0.4) is 0 Å². The minimum atomic E-state index is -0.150. The van der Waals surface area contributed by atoms with E-state index >= 15 is 0 Å². The summed E-state index contributed by atoms with van der Waals surface area (Å²) in [5.74, 6) is -0.150. The highest BCUT2D eigenvalue weighted by atomic mass is 16.3. The molecule has 0 atom stereocenters. The summed E-state index contributed by atoms with van der Waals surface area (Å²) in [6, 6.07) is 0. The predicted molar refractivity (Wildman–Crippen MR) is 21.5 cm³/mol. The molecule has 0 spiro atoms. The number of aromatic nitrogens is 3. The van der Waals surface area contributed by atoms with Crippen molar-refractivity contribution in [1.82, 2.24) is 15.2 Å². The van der Waals surface area contributed by atoms with Crippen molar-refractivity contribution in [2.45, 2.75) is 0 Å². The molecule has 1 aromatic rings. The van der Waals surface area contributed by atoms with Crippen LogP contribution in [-0.4, -0.2) is 20.3 Å². The van der Waals surface area contributed by atoms with Gasteiger partial charge in [-0.1, -0.05) is 0 Å². The van der Waals surface area contributed by atoms with Crippen LogP contribution in [0.4, 0.5) is 0 Å². The normalized spacial score (nSPS) is 8.57. The molecular formula is C3H3N3O. The summed E-state index contributed by atoms with van der Waals surface area (Å²) in [6.07, 6.45) is 2.46. The van der Waals surface area contributed by atoms with E-state index in [0.29, 0.717) is 0 Å². The second kappa shape index (κ2) is 1.51. The molecule has 0 aliphatic heterocycles. The summed E-state index contributed by atoms with van der Waals surface area (Å²) < 4.78 is 0. The number of nitrogens with zero attached hydrogens (tertiary/aromatic N) is 3. The molecule has 4 nitrogen and oxygen atoms in total. The number of hydrogen-bond acceptors (Lipinski definition) is 4. The molecule has 7 heavy (non-hydrogen) atoms. The number of rotatable bonds is 0. The highest BCUT2D eigenvalue weighted by Crippen LogP contribution is 1.90. The standard InChI is InChI=1S/C3H3N3O/c7-3-1-4-2-5-6-3/h1-2H,(H,6,7). The van der Waals surface area contributed by atoms with E-state index in [2.05, 4.69) is 15.2 Å². The van der Waals surface area contributed by atoms with Crippen LogP contribution < -0.4 is 0 Å². The second-order valence-corrected chi connectivity index (χ2v) is 0.967. The topological polar surface area (TPSA) is 58.9 Å². The van der Waals surface area contributed by atoms with Gasteiger partial charge in [0.25, 0.3) is 0 Å². The van der Waals surface area contributed by atoms with Crippen molar-refractivity contribution < 1.29 is 5.11 Å². The van der Waals surface area contributed by atoms with Crippen LogP contribution in [0, 0.1) is 0 Å². The van der Waals surface area contributed by atoms with Crippen LogP contribution in [-0.2, 0) is 0 Å². The van der Waals surface area contributed by atoms with Gasteiger partial charge in [-0.05, 0) is 0 Å². The van der Waals surface area contributed by atoms with E-state index in [9.17, 15) is 0 Å². The molecule has 0 saturated heterocycles. The number of hydrogen-bond donors (Lipinski definition) is 1. The summed E-state index contributed by atoms with van der Waals surface area (Å²) in [6.45, 7) is 0. The zero-order valence-corrected chi connectivity index (χ0v) is 3.44. The summed E-state index contributed by atoms with van der Waals surface area (Å²) in [4.78, 5) is 3.46. The lowest BCUT2D eigenvalue weighted by molar-refractivity contribution is 0.441. The minimum absolute atomic E-state index is 0.150. The van der Waals surface area contributed by atoms with Crippen LogP contribution in [0.15, 0.2) is 12.5 Å². The van der Waals surface area contributed by atoms with Gasteiger partial charge in [-0.15, -0.1) is 10.2 Å². The summed E-state index contributed by atoms with van der Waals surface area (Å²) >= 11 is 0. The fourth-order valence-corrected chi connectivity index (χ4v) is 0.241. The molecule has 1 rings (SSSR count). The molecule has 0 aromatic carbocycles. The van der Waals surface area contributed by atoms with Crippen molar-refractivity contribution in [3.63, 3.8) is 0 Å². The van der Waals surface area contributed by atoms with E-state index in [4.69, 9.17) is 5.11 Å². The summed E-state index contributed by atoms with van der Waals surface area (Å²) in [5.41, 5.74) is 0. The molecule has 0 radical (unpaired) electrons. The molecule has 1 N–H and O–H groups in total. The lowest BCUT2D eigenvalue weighted by Crippen LogP contribution is -1.79. The Morgan fingerprint density at radius 3 is 2.71 bits per heavy atom. The molecule has 0 saturated carbocycles. The molecule has 0 unspecified atom stereocenters. The van der Waals surface area contributed by atoms with E-state index in [1.54, 1.807) is 0 Å². The van der Waals surface area contributed by atoms with Crippen molar-refractivity contribution in [3.05, 3.63) is 12.5 Å². The Morgan fingerprint density at radius 1 is 1.57 bits per heavy atom. The lowest BCUT2D eigenvalue weighted by Gasteiger charge is -1.79. The Hall–Kier alpha value is -1.19. The highest BCUT2D eigenvalue weighted by Gasteiger charge is 1.79. The van der Waals surface area contributed by atoms with Crippen molar-refractivity contribution in [3.8, 4) is 5.88 Å². The lowest BCUT2D eigenvalue weighted by atomic mass is 10.8. The van der Waals surface area contributed by atoms with E-state index in [-0.39, 0.29) is 5.88 Å². The van der Waals surface area contributed by atoms with Gasteiger partial charge in [0, 0.05) is 0 Å². The second-order valence-electron chi connectivity index (χ2n) is 0.967. The maximum Gasteiger partial charge on any atom is 0.249 e. The Balaban J connectivity index is 3.02. The van der Waals surface area contributed by atoms with Gasteiger partial charge in [0.15, 0.2) is 0 Å². The van der Waals surface area contributed by atoms with Crippen LogP contribution in [0.25, 0.3) is 0 Å². The van der Waals surface area contributed by atoms with Crippen molar-refractivity contribution in [2.24, 2.45) is 0 Å². The minimum Gasteiger partial charge on any atom is -0.491 e. The summed E-state index contributed by atoms with van der Waals surface area (Å²) in [5, 5.41) is 14.9. The average Bonchev–Trinajstić information content (AvgIpc) is 1.69. The van der Waals surface area contributed by atoms with Crippen LogP contribution in [0.2, 0.25) is 0 Å². The molecular weight excluding hydrogens is 94.1 g/mol. The molecule has 4 heteroatoms. The first-order valence-electron chi connectivity index (χ1n) is 1.71. The van der Waals surface area contributed by atoms with Crippen LogP contribution in [0.1, 0.15) is 0 Å². The fraction of sp³-hybridized carbons (Fsp3) is 0. The van der Waals surface area contributed by atoms with Gasteiger partial charge in [-0.3, -0.25) is 0 Å². The Kier molecular flexibility index (Phi) is 0.856.